The molecule has 0 bridgehead atoms. The van der Waals surface area contributed by atoms with Gasteiger partial charge in [-0.1, -0.05) is 5.21 Å². The predicted molar refractivity (Wildman–Crippen MR) is 65.7 cm³/mol. The molecule has 4 heterocycles. The predicted octanol–water partition coefficient (Wildman–Crippen LogP) is -0.885. The summed E-state index contributed by atoms with van der Waals surface area (Å²) >= 11 is 0. The fraction of sp³-hybridized carbons (Fsp3) is 0.455. The number of ether oxygens (including phenoxy) is 1. The molecule has 3 aromatic rings. The van der Waals surface area contributed by atoms with Gasteiger partial charge in [0.2, 0.25) is 0 Å². The number of hydrogen-bond acceptors (Lipinski definition) is 7. The van der Waals surface area contributed by atoms with E-state index < -0.39 is 18.4 Å². The zero-order valence-electron chi connectivity index (χ0n) is 10.4. The highest BCUT2D eigenvalue weighted by Crippen LogP contribution is 2.30. The van der Waals surface area contributed by atoms with Crippen molar-refractivity contribution in [3.63, 3.8) is 0 Å². The molecule has 1 fully saturated rings. The lowest BCUT2D eigenvalue weighted by molar-refractivity contribution is -0.0470. The smallest absolute Gasteiger partial charge is 0.188 e. The maximum absolute atomic E-state index is 9.79. The molecule has 104 valence electrons. The van der Waals surface area contributed by atoms with Gasteiger partial charge in [0.15, 0.2) is 17.5 Å². The average molecular weight is 276 g/mol. The van der Waals surface area contributed by atoms with Crippen LogP contribution in [0.5, 0.6) is 0 Å². The third-order valence-corrected chi connectivity index (χ3v) is 3.52. The molecule has 0 amide bonds. The number of aromatic nitrogens is 6. The van der Waals surface area contributed by atoms with Crippen LogP contribution in [-0.2, 0) is 4.74 Å². The molecule has 1 unspecified atom stereocenters. The molecule has 9 heteroatoms. The van der Waals surface area contributed by atoms with E-state index in [2.05, 4.69) is 20.4 Å². The lowest BCUT2D eigenvalue weighted by Crippen LogP contribution is -2.24. The SMILES string of the molecule is OC[C@H]1OC(n2ncc3c2nnn2ccnc32)C[C@@H]1O. The van der Waals surface area contributed by atoms with Gasteiger partial charge in [-0.15, -0.1) is 5.10 Å². The first-order valence-corrected chi connectivity index (χ1v) is 6.25. The average Bonchev–Trinajstić information content (AvgIpc) is 3.13. The molecule has 0 spiro atoms. The Labute approximate surface area is 112 Å². The van der Waals surface area contributed by atoms with E-state index in [1.165, 1.54) is 0 Å². The van der Waals surface area contributed by atoms with Gasteiger partial charge in [-0.05, 0) is 0 Å². The summed E-state index contributed by atoms with van der Waals surface area (Å²) in [5.41, 5.74) is 1.21. The van der Waals surface area contributed by atoms with Crippen molar-refractivity contribution in [2.45, 2.75) is 24.9 Å². The molecular weight excluding hydrogens is 264 g/mol. The van der Waals surface area contributed by atoms with Crippen LogP contribution in [0.25, 0.3) is 16.7 Å². The number of nitrogens with zero attached hydrogens (tertiary/aromatic N) is 6. The van der Waals surface area contributed by atoms with Gasteiger partial charge in [0.25, 0.3) is 0 Å². The Hall–Kier alpha value is -2.10. The van der Waals surface area contributed by atoms with Crippen molar-refractivity contribution in [3.05, 3.63) is 18.6 Å². The minimum absolute atomic E-state index is 0.229. The topological polar surface area (TPSA) is 111 Å². The normalized spacial score (nSPS) is 26.8. The summed E-state index contributed by atoms with van der Waals surface area (Å²) in [6.45, 7) is -0.229. The molecule has 4 rings (SSSR count). The fourth-order valence-electron chi connectivity index (χ4n) is 2.51. The largest absolute Gasteiger partial charge is 0.394 e. The van der Waals surface area contributed by atoms with Crippen LogP contribution in [0.2, 0.25) is 0 Å². The first-order chi connectivity index (χ1) is 9.78. The second-order valence-electron chi connectivity index (χ2n) is 4.73. The van der Waals surface area contributed by atoms with Gasteiger partial charge >= 0.3 is 0 Å². The first-order valence-electron chi connectivity index (χ1n) is 6.25. The van der Waals surface area contributed by atoms with Gasteiger partial charge in [0.05, 0.1) is 30.5 Å². The lowest BCUT2D eigenvalue weighted by Gasteiger charge is -2.12. The molecule has 3 atom stereocenters. The molecule has 0 aromatic carbocycles. The molecule has 1 aliphatic heterocycles. The molecular formula is C11H12N6O3. The third-order valence-electron chi connectivity index (χ3n) is 3.52. The zero-order valence-corrected chi connectivity index (χ0v) is 10.4. The Balaban J connectivity index is 1.81. The fourth-order valence-corrected chi connectivity index (χ4v) is 2.51. The summed E-state index contributed by atoms with van der Waals surface area (Å²) < 4.78 is 8.70. The Morgan fingerprint density at radius 3 is 3.10 bits per heavy atom. The van der Waals surface area contributed by atoms with Crippen molar-refractivity contribution in [2.75, 3.05) is 6.61 Å². The highest BCUT2D eigenvalue weighted by molar-refractivity contribution is 5.87. The summed E-state index contributed by atoms with van der Waals surface area (Å²) in [5, 5.41) is 32.0. The molecule has 1 aliphatic rings. The second kappa shape index (κ2) is 4.20. The Morgan fingerprint density at radius 1 is 1.40 bits per heavy atom. The van der Waals surface area contributed by atoms with E-state index in [0.717, 1.165) is 5.39 Å². The quantitative estimate of drug-likeness (QED) is 0.625. The van der Waals surface area contributed by atoms with Crippen molar-refractivity contribution in [1.82, 2.24) is 29.6 Å². The third kappa shape index (κ3) is 1.54. The number of aliphatic hydroxyl groups excluding tert-OH is 2. The molecule has 2 N–H and O–H groups in total. The van der Waals surface area contributed by atoms with Crippen molar-refractivity contribution in [3.8, 4) is 0 Å². The minimum atomic E-state index is -0.715. The Kier molecular flexibility index (Phi) is 2.46. The van der Waals surface area contributed by atoms with E-state index in [0.29, 0.717) is 17.7 Å². The van der Waals surface area contributed by atoms with E-state index in [1.807, 2.05) is 0 Å². The van der Waals surface area contributed by atoms with Crippen LogP contribution >= 0.6 is 0 Å². The number of imidazole rings is 1. The van der Waals surface area contributed by atoms with Gasteiger partial charge in [-0.25, -0.2) is 14.2 Å². The zero-order chi connectivity index (χ0) is 13.7. The van der Waals surface area contributed by atoms with Crippen LogP contribution in [0.15, 0.2) is 18.6 Å². The lowest BCUT2D eigenvalue weighted by atomic mass is 10.2. The van der Waals surface area contributed by atoms with Crippen LogP contribution in [0.4, 0.5) is 0 Å². The van der Waals surface area contributed by atoms with Crippen molar-refractivity contribution in [2.24, 2.45) is 0 Å². The monoisotopic (exact) mass is 276 g/mol. The summed E-state index contributed by atoms with van der Waals surface area (Å²) in [6.07, 6.45) is 3.56. The maximum atomic E-state index is 9.79. The molecule has 0 radical (unpaired) electrons. The molecule has 9 nitrogen and oxygen atoms in total. The summed E-state index contributed by atoms with van der Waals surface area (Å²) in [7, 11) is 0. The van der Waals surface area contributed by atoms with Gasteiger partial charge in [0, 0.05) is 12.6 Å². The number of fused-ring (bicyclic) bond motifs is 3. The van der Waals surface area contributed by atoms with Crippen molar-refractivity contribution in [1.29, 1.82) is 0 Å². The van der Waals surface area contributed by atoms with Gasteiger partial charge in [-0.3, -0.25) is 0 Å². The van der Waals surface area contributed by atoms with E-state index >= 15 is 0 Å². The standard InChI is InChI=1S/C11H12N6O3/c18-5-8-7(19)3-9(20-8)17-11-6(4-13-17)10-12-1-2-16(10)15-14-11/h1-2,4,7-9,18-19H,3,5H2/t7-,8+,9?/m0/s1. The summed E-state index contributed by atoms with van der Waals surface area (Å²) in [4.78, 5) is 4.21. The van der Waals surface area contributed by atoms with Gasteiger partial charge < -0.3 is 14.9 Å². The minimum Gasteiger partial charge on any atom is -0.394 e. The van der Waals surface area contributed by atoms with Crippen LogP contribution in [0, 0.1) is 0 Å². The van der Waals surface area contributed by atoms with E-state index in [4.69, 9.17) is 9.84 Å². The molecule has 20 heavy (non-hydrogen) atoms. The summed E-state index contributed by atoms with van der Waals surface area (Å²) in [5.74, 6) is 0. The highest BCUT2D eigenvalue weighted by atomic mass is 16.5. The molecule has 0 saturated carbocycles. The second-order valence-corrected chi connectivity index (χ2v) is 4.73. The van der Waals surface area contributed by atoms with Gasteiger partial charge in [-0.2, -0.15) is 5.10 Å². The molecule has 1 saturated heterocycles. The number of hydrogen-bond donors (Lipinski definition) is 2. The van der Waals surface area contributed by atoms with Crippen LogP contribution in [0.3, 0.4) is 0 Å². The van der Waals surface area contributed by atoms with Crippen molar-refractivity contribution < 1.29 is 14.9 Å². The van der Waals surface area contributed by atoms with Crippen LogP contribution in [0.1, 0.15) is 12.6 Å². The summed E-state index contributed by atoms with van der Waals surface area (Å²) in [6, 6.07) is 0. The van der Waals surface area contributed by atoms with Gasteiger partial charge in [0.1, 0.15) is 6.10 Å². The highest BCUT2D eigenvalue weighted by Gasteiger charge is 2.35. The van der Waals surface area contributed by atoms with E-state index in [-0.39, 0.29) is 6.61 Å². The molecule has 3 aromatic heterocycles. The molecule has 0 aliphatic carbocycles. The van der Waals surface area contributed by atoms with E-state index in [1.54, 1.807) is 27.8 Å². The van der Waals surface area contributed by atoms with Crippen LogP contribution in [-0.4, -0.2) is 58.6 Å². The van der Waals surface area contributed by atoms with Crippen LogP contribution < -0.4 is 0 Å². The first kappa shape index (κ1) is 11.7. The Bertz CT molecular complexity index is 768. The number of aliphatic hydroxyl groups is 2. The van der Waals surface area contributed by atoms with E-state index in [9.17, 15) is 5.11 Å². The number of rotatable bonds is 2. The maximum Gasteiger partial charge on any atom is 0.188 e. The van der Waals surface area contributed by atoms with Crippen molar-refractivity contribution >= 4 is 16.7 Å². The Morgan fingerprint density at radius 2 is 2.30 bits per heavy atom.